The summed E-state index contributed by atoms with van der Waals surface area (Å²) >= 11 is 0. The summed E-state index contributed by atoms with van der Waals surface area (Å²) in [7, 11) is 0. The number of benzene rings is 1. The molecule has 4 nitrogen and oxygen atoms in total. The molecule has 24 heavy (non-hydrogen) atoms. The van der Waals surface area contributed by atoms with E-state index in [2.05, 4.69) is 28.5 Å². The Morgan fingerprint density at radius 2 is 2.00 bits per heavy atom. The van der Waals surface area contributed by atoms with Crippen LogP contribution in [0.4, 0.5) is 0 Å². The molecule has 1 aliphatic rings. The molecule has 122 valence electrons. The predicted molar refractivity (Wildman–Crippen MR) is 93.8 cm³/mol. The van der Waals surface area contributed by atoms with Crippen molar-refractivity contribution in [2.75, 3.05) is 0 Å². The fourth-order valence-corrected chi connectivity index (χ4v) is 3.41. The Balaban J connectivity index is 1.38. The highest BCUT2D eigenvalue weighted by Crippen LogP contribution is 2.22. The van der Waals surface area contributed by atoms with Crippen molar-refractivity contribution in [1.82, 2.24) is 14.7 Å². The van der Waals surface area contributed by atoms with E-state index in [9.17, 15) is 4.79 Å². The summed E-state index contributed by atoms with van der Waals surface area (Å²) in [6.45, 7) is 0.464. The Hall–Kier alpha value is -2.62. The lowest BCUT2D eigenvalue weighted by molar-refractivity contribution is -0.120. The number of carbonyl (C=O) groups is 1. The molecular weight excluding hydrogens is 298 g/mol. The number of nitrogens with one attached hydrogen (secondary N) is 1. The molecule has 0 aliphatic heterocycles. The topological polar surface area (TPSA) is 46.4 Å². The summed E-state index contributed by atoms with van der Waals surface area (Å²) in [6, 6.07) is 12.4. The molecule has 2 heterocycles. The summed E-state index contributed by atoms with van der Waals surface area (Å²) in [5.74, 6) is 0.0443. The van der Waals surface area contributed by atoms with E-state index in [4.69, 9.17) is 0 Å². The van der Waals surface area contributed by atoms with Gasteiger partial charge in [0, 0.05) is 12.4 Å². The first-order valence-electron chi connectivity index (χ1n) is 8.58. The third-order valence-electron chi connectivity index (χ3n) is 4.66. The Labute approximate surface area is 141 Å². The number of amides is 1. The second-order valence-corrected chi connectivity index (χ2v) is 6.46. The van der Waals surface area contributed by atoms with Crippen molar-refractivity contribution in [3.63, 3.8) is 0 Å². The maximum Gasteiger partial charge on any atom is 0.224 e. The second-order valence-electron chi connectivity index (χ2n) is 6.46. The van der Waals surface area contributed by atoms with E-state index in [0.717, 1.165) is 23.3 Å². The third kappa shape index (κ3) is 3.18. The number of hydrogen-bond acceptors (Lipinski definition) is 2. The van der Waals surface area contributed by atoms with Crippen LogP contribution in [0.3, 0.4) is 0 Å². The normalized spacial score (nSPS) is 13.7. The van der Waals surface area contributed by atoms with Crippen LogP contribution in [0.1, 0.15) is 35.2 Å². The number of fused-ring (bicyclic) bond motifs is 2. The Morgan fingerprint density at radius 3 is 2.88 bits per heavy atom. The van der Waals surface area contributed by atoms with E-state index in [0.29, 0.717) is 13.0 Å². The number of rotatable bonds is 4. The Bertz CT molecular complexity index is 848. The number of aromatic nitrogens is 2. The zero-order valence-corrected chi connectivity index (χ0v) is 13.7. The molecule has 4 heteroatoms. The van der Waals surface area contributed by atoms with Gasteiger partial charge in [-0.25, -0.2) is 4.98 Å². The lowest BCUT2D eigenvalue weighted by atomic mass is 9.90. The minimum Gasteiger partial charge on any atom is -0.350 e. The molecular formula is C20H21N3O. The average molecular weight is 319 g/mol. The van der Waals surface area contributed by atoms with Crippen molar-refractivity contribution < 1.29 is 4.79 Å². The molecule has 1 N–H and O–H groups in total. The minimum atomic E-state index is 0.0443. The van der Waals surface area contributed by atoms with Gasteiger partial charge in [0.05, 0.1) is 18.7 Å². The Kier molecular flexibility index (Phi) is 4.03. The van der Waals surface area contributed by atoms with Crippen molar-refractivity contribution in [3.8, 4) is 0 Å². The summed E-state index contributed by atoms with van der Waals surface area (Å²) in [5, 5.41) is 2.97. The molecule has 3 aromatic rings. The van der Waals surface area contributed by atoms with Gasteiger partial charge in [-0.05, 0) is 54.5 Å². The largest absolute Gasteiger partial charge is 0.350 e. The van der Waals surface area contributed by atoms with Crippen LogP contribution in [0.5, 0.6) is 0 Å². The molecule has 2 aromatic heterocycles. The quantitative estimate of drug-likeness (QED) is 0.803. The fraction of sp³-hybridized carbons (Fsp3) is 0.300. The minimum absolute atomic E-state index is 0.0443. The Morgan fingerprint density at radius 1 is 1.12 bits per heavy atom. The van der Waals surface area contributed by atoms with E-state index in [1.54, 1.807) is 0 Å². The van der Waals surface area contributed by atoms with Crippen LogP contribution < -0.4 is 5.32 Å². The van der Waals surface area contributed by atoms with E-state index in [1.807, 2.05) is 35.0 Å². The van der Waals surface area contributed by atoms with Crippen molar-refractivity contribution in [1.29, 1.82) is 0 Å². The summed E-state index contributed by atoms with van der Waals surface area (Å²) in [4.78, 5) is 16.7. The third-order valence-corrected chi connectivity index (χ3v) is 4.66. The summed E-state index contributed by atoms with van der Waals surface area (Å²) in [6.07, 6.45) is 9.21. The first kappa shape index (κ1) is 14.9. The maximum absolute atomic E-state index is 12.2. The molecule has 0 saturated carbocycles. The zero-order valence-electron chi connectivity index (χ0n) is 13.7. The summed E-state index contributed by atoms with van der Waals surface area (Å²) in [5.41, 5.74) is 5.75. The molecule has 0 atom stereocenters. The van der Waals surface area contributed by atoms with Crippen LogP contribution in [0.15, 0.2) is 48.8 Å². The monoisotopic (exact) mass is 319 g/mol. The highest BCUT2D eigenvalue weighted by molar-refractivity contribution is 5.78. The van der Waals surface area contributed by atoms with Gasteiger partial charge >= 0.3 is 0 Å². The van der Waals surface area contributed by atoms with Gasteiger partial charge in [0.2, 0.25) is 5.91 Å². The van der Waals surface area contributed by atoms with Gasteiger partial charge in [-0.2, -0.15) is 0 Å². The number of carbonyl (C=O) groups excluding carboxylic acids is 1. The number of hydrogen-bond donors (Lipinski definition) is 1. The van der Waals surface area contributed by atoms with Gasteiger partial charge in [-0.15, -0.1) is 0 Å². The van der Waals surface area contributed by atoms with Crippen molar-refractivity contribution in [3.05, 3.63) is 71.2 Å². The van der Waals surface area contributed by atoms with Crippen LogP contribution >= 0.6 is 0 Å². The lowest BCUT2D eigenvalue weighted by Gasteiger charge is -2.16. The SMILES string of the molecule is O=C(Cc1ccc2c(c1)CCCC2)NCc1cn2ccccc2n1. The van der Waals surface area contributed by atoms with Gasteiger partial charge in [0.1, 0.15) is 5.65 Å². The molecule has 1 aromatic carbocycles. The summed E-state index contributed by atoms with van der Waals surface area (Å²) < 4.78 is 1.96. The van der Waals surface area contributed by atoms with Crippen LogP contribution in [0, 0.1) is 0 Å². The number of nitrogens with zero attached hydrogens (tertiary/aromatic N) is 2. The van der Waals surface area contributed by atoms with Gasteiger partial charge in [-0.3, -0.25) is 4.79 Å². The lowest BCUT2D eigenvalue weighted by Crippen LogP contribution is -2.24. The fourth-order valence-electron chi connectivity index (χ4n) is 3.41. The van der Waals surface area contributed by atoms with Crippen molar-refractivity contribution >= 4 is 11.6 Å². The average Bonchev–Trinajstić information content (AvgIpc) is 3.03. The first-order valence-corrected chi connectivity index (χ1v) is 8.58. The molecule has 0 unspecified atom stereocenters. The van der Waals surface area contributed by atoms with Gasteiger partial charge in [0.15, 0.2) is 0 Å². The molecule has 0 saturated heterocycles. The van der Waals surface area contributed by atoms with Gasteiger partial charge in [-0.1, -0.05) is 24.3 Å². The van der Waals surface area contributed by atoms with Crippen molar-refractivity contribution in [2.24, 2.45) is 0 Å². The number of imidazole rings is 1. The molecule has 0 fully saturated rings. The smallest absolute Gasteiger partial charge is 0.224 e. The van der Waals surface area contributed by atoms with E-state index in [1.165, 1.54) is 30.4 Å². The zero-order chi connectivity index (χ0) is 16.4. The molecule has 0 radical (unpaired) electrons. The first-order chi connectivity index (χ1) is 11.8. The predicted octanol–water partition coefficient (Wildman–Crippen LogP) is 3.07. The second kappa shape index (κ2) is 6.48. The highest BCUT2D eigenvalue weighted by Gasteiger charge is 2.11. The van der Waals surface area contributed by atoms with E-state index >= 15 is 0 Å². The standard InChI is InChI=1S/C20H21N3O/c24-20(12-15-8-9-16-5-1-2-6-17(16)11-15)21-13-18-14-23-10-4-3-7-19(23)22-18/h3-4,7-11,14H,1-2,5-6,12-13H2,(H,21,24). The van der Waals surface area contributed by atoms with Gasteiger partial charge < -0.3 is 9.72 Å². The molecule has 1 amide bonds. The number of aryl methyl sites for hydroxylation is 2. The van der Waals surface area contributed by atoms with Crippen LogP contribution in [0.25, 0.3) is 5.65 Å². The van der Waals surface area contributed by atoms with Crippen LogP contribution in [0.2, 0.25) is 0 Å². The molecule has 4 rings (SSSR count). The number of pyridine rings is 1. The maximum atomic E-state index is 12.2. The molecule has 0 spiro atoms. The highest BCUT2D eigenvalue weighted by atomic mass is 16.1. The van der Waals surface area contributed by atoms with Crippen LogP contribution in [-0.2, 0) is 30.6 Å². The van der Waals surface area contributed by atoms with E-state index in [-0.39, 0.29) is 5.91 Å². The molecule has 1 aliphatic carbocycles. The van der Waals surface area contributed by atoms with Crippen molar-refractivity contribution in [2.45, 2.75) is 38.6 Å². The molecule has 0 bridgehead atoms. The van der Waals surface area contributed by atoms with Gasteiger partial charge in [0.25, 0.3) is 0 Å². The van der Waals surface area contributed by atoms with E-state index < -0.39 is 0 Å². The van der Waals surface area contributed by atoms with Crippen LogP contribution in [-0.4, -0.2) is 15.3 Å².